The number of rotatable bonds is 4. The van der Waals surface area contributed by atoms with Gasteiger partial charge in [-0.1, -0.05) is 60.7 Å². The second-order valence-electron chi connectivity index (χ2n) is 8.38. The number of hydrogen-bond acceptors (Lipinski definition) is 4. The zero-order chi connectivity index (χ0) is 23.9. The fraction of sp³-hybridized carbons (Fsp3) is 0.0714. The SMILES string of the molecule is Cc1nc2c(=O)n(Cc3ccccc3)nc(-c3ccc(F)cc3)c2c2cc(-c3ccccc3)nn12. The highest BCUT2D eigenvalue weighted by Gasteiger charge is 2.20. The normalized spacial score (nSPS) is 11.4. The van der Waals surface area contributed by atoms with Crippen molar-refractivity contribution < 1.29 is 4.39 Å². The average molecular weight is 462 g/mol. The monoisotopic (exact) mass is 461 g/mol. The molecule has 0 aliphatic carbocycles. The molecule has 0 N–H and O–H groups in total. The molecule has 6 rings (SSSR count). The van der Waals surface area contributed by atoms with E-state index in [0.29, 0.717) is 34.5 Å². The molecule has 35 heavy (non-hydrogen) atoms. The highest BCUT2D eigenvalue weighted by Crippen LogP contribution is 2.31. The van der Waals surface area contributed by atoms with E-state index >= 15 is 0 Å². The van der Waals surface area contributed by atoms with Crippen LogP contribution in [0.15, 0.2) is 95.8 Å². The van der Waals surface area contributed by atoms with Gasteiger partial charge in [-0.2, -0.15) is 10.2 Å². The molecule has 0 amide bonds. The molecule has 0 saturated carbocycles. The van der Waals surface area contributed by atoms with Crippen molar-refractivity contribution in [3.8, 4) is 22.5 Å². The lowest BCUT2D eigenvalue weighted by Gasteiger charge is -2.13. The van der Waals surface area contributed by atoms with Crippen molar-refractivity contribution in [2.45, 2.75) is 13.5 Å². The van der Waals surface area contributed by atoms with Crippen molar-refractivity contribution in [3.63, 3.8) is 0 Å². The first kappa shape index (κ1) is 20.9. The summed E-state index contributed by atoms with van der Waals surface area (Å²) < 4.78 is 16.9. The lowest BCUT2D eigenvalue weighted by molar-refractivity contribution is 0.627. The molecular weight excluding hydrogens is 441 g/mol. The van der Waals surface area contributed by atoms with Crippen LogP contribution in [0.2, 0.25) is 0 Å². The van der Waals surface area contributed by atoms with Crippen LogP contribution in [0.5, 0.6) is 0 Å². The highest BCUT2D eigenvalue weighted by molar-refractivity contribution is 6.03. The van der Waals surface area contributed by atoms with Gasteiger partial charge in [0.05, 0.1) is 23.1 Å². The fourth-order valence-electron chi connectivity index (χ4n) is 4.34. The maximum atomic E-state index is 13.7. The lowest BCUT2D eigenvalue weighted by Crippen LogP contribution is -2.26. The van der Waals surface area contributed by atoms with Crippen molar-refractivity contribution in [1.29, 1.82) is 0 Å². The molecule has 0 fully saturated rings. The Balaban J connectivity index is 1.68. The minimum atomic E-state index is -0.342. The van der Waals surface area contributed by atoms with Gasteiger partial charge in [-0.3, -0.25) is 4.79 Å². The average Bonchev–Trinajstić information content (AvgIpc) is 3.34. The Hall–Kier alpha value is -4.65. The molecule has 0 aliphatic heterocycles. The van der Waals surface area contributed by atoms with Gasteiger partial charge in [0.2, 0.25) is 0 Å². The predicted molar refractivity (Wildman–Crippen MR) is 134 cm³/mol. The van der Waals surface area contributed by atoms with Crippen LogP contribution in [-0.2, 0) is 6.54 Å². The molecule has 170 valence electrons. The number of hydrogen-bond donors (Lipinski definition) is 0. The fourth-order valence-corrected chi connectivity index (χ4v) is 4.34. The molecule has 7 heteroatoms. The Morgan fingerprint density at radius 1 is 0.829 bits per heavy atom. The molecule has 0 spiro atoms. The highest BCUT2D eigenvalue weighted by atomic mass is 19.1. The Morgan fingerprint density at radius 2 is 1.51 bits per heavy atom. The molecule has 0 bridgehead atoms. The van der Waals surface area contributed by atoms with Gasteiger partial charge in [-0.05, 0) is 42.8 Å². The summed E-state index contributed by atoms with van der Waals surface area (Å²) in [7, 11) is 0. The van der Waals surface area contributed by atoms with Gasteiger partial charge in [0.1, 0.15) is 22.9 Å². The Kier molecular flexibility index (Phi) is 4.95. The topological polar surface area (TPSA) is 65.1 Å². The zero-order valence-corrected chi connectivity index (χ0v) is 18.9. The van der Waals surface area contributed by atoms with Crippen molar-refractivity contribution >= 4 is 16.4 Å². The van der Waals surface area contributed by atoms with E-state index in [1.54, 1.807) is 16.6 Å². The Bertz CT molecular complexity index is 1740. The standard InChI is InChI=1S/C28H20FN5O/c1-18-30-27-25(24-16-23(31-34(18)24)20-10-6-3-7-11-20)26(21-12-14-22(29)15-13-21)32-33(28(27)35)17-19-8-4-2-5-9-19/h2-16H,17H2,1H3. The predicted octanol–water partition coefficient (Wildman–Crippen LogP) is 5.27. The first-order valence-corrected chi connectivity index (χ1v) is 11.2. The molecule has 6 nitrogen and oxygen atoms in total. The van der Waals surface area contributed by atoms with Crippen LogP contribution in [0.3, 0.4) is 0 Å². The van der Waals surface area contributed by atoms with Crippen LogP contribution < -0.4 is 5.56 Å². The minimum absolute atomic E-state index is 0.289. The zero-order valence-electron chi connectivity index (χ0n) is 18.9. The van der Waals surface area contributed by atoms with Crippen molar-refractivity contribution in [2.75, 3.05) is 0 Å². The maximum Gasteiger partial charge on any atom is 0.293 e. The van der Waals surface area contributed by atoms with Crippen molar-refractivity contribution in [2.24, 2.45) is 0 Å². The second kappa shape index (κ2) is 8.29. The molecule has 0 atom stereocenters. The summed E-state index contributed by atoms with van der Waals surface area (Å²) in [5.41, 5.74) is 4.64. The van der Waals surface area contributed by atoms with E-state index in [4.69, 9.17) is 10.2 Å². The molecule has 3 heterocycles. The number of fused-ring (bicyclic) bond motifs is 3. The van der Waals surface area contributed by atoms with Crippen LogP contribution >= 0.6 is 0 Å². The lowest BCUT2D eigenvalue weighted by atomic mass is 10.1. The molecule has 3 aromatic heterocycles. The molecule has 3 aromatic carbocycles. The summed E-state index contributed by atoms with van der Waals surface area (Å²) in [6, 6.07) is 27.5. The van der Waals surface area contributed by atoms with Crippen molar-refractivity contribution in [1.82, 2.24) is 24.4 Å². The van der Waals surface area contributed by atoms with Gasteiger partial charge in [-0.25, -0.2) is 18.6 Å². The molecule has 0 aliphatic rings. The van der Waals surface area contributed by atoms with Gasteiger partial charge < -0.3 is 0 Å². The van der Waals surface area contributed by atoms with Gasteiger partial charge in [-0.15, -0.1) is 0 Å². The summed E-state index contributed by atoms with van der Waals surface area (Å²) >= 11 is 0. The summed E-state index contributed by atoms with van der Waals surface area (Å²) in [5, 5.41) is 10.1. The van der Waals surface area contributed by atoms with E-state index in [1.807, 2.05) is 73.7 Å². The third kappa shape index (κ3) is 3.67. The third-order valence-electron chi connectivity index (χ3n) is 6.04. The molecule has 0 radical (unpaired) electrons. The minimum Gasteiger partial charge on any atom is -0.265 e. The number of aromatic nitrogens is 5. The quantitative estimate of drug-likeness (QED) is 0.359. The Labute approximate surface area is 199 Å². The first-order chi connectivity index (χ1) is 17.1. The molecule has 0 saturated heterocycles. The Morgan fingerprint density at radius 3 is 2.23 bits per heavy atom. The number of nitrogens with zero attached hydrogens (tertiary/aromatic N) is 5. The maximum absolute atomic E-state index is 13.7. The van der Waals surface area contributed by atoms with Crippen molar-refractivity contribution in [3.05, 3.63) is 119 Å². The molecular formula is C28H20FN5O. The van der Waals surface area contributed by atoms with Gasteiger partial charge in [0.15, 0.2) is 0 Å². The van der Waals surface area contributed by atoms with Gasteiger partial charge in [0, 0.05) is 11.1 Å². The summed E-state index contributed by atoms with van der Waals surface area (Å²) in [4.78, 5) is 18.3. The van der Waals surface area contributed by atoms with Crippen LogP contribution in [0.1, 0.15) is 11.4 Å². The third-order valence-corrected chi connectivity index (χ3v) is 6.04. The van der Waals surface area contributed by atoms with Gasteiger partial charge >= 0.3 is 0 Å². The van der Waals surface area contributed by atoms with E-state index in [2.05, 4.69) is 4.98 Å². The van der Waals surface area contributed by atoms with E-state index in [1.165, 1.54) is 16.8 Å². The van der Waals surface area contributed by atoms with E-state index in [9.17, 15) is 9.18 Å². The smallest absolute Gasteiger partial charge is 0.265 e. The van der Waals surface area contributed by atoms with E-state index in [0.717, 1.165) is 22.3 Å². The summed E-state index contributed by atoms with van der Waals surface area (Å²) in [6.45, 7) is 2.12. The summed E-state index contributed by atoms with van der Waals surface area (Å²) in [5.74, 6) is 0.250. The summed E-state index contributed by atoms with van der Waals surface area (Å²) in [6.07, 6.45) is 0. The van der Waals surface area contributed by atoms with Gasteiger partial charge in [0.25, 0.3) is 5.56 Å². The molecule has 6 aromatic rings. The van der Waals surface area contributed by atoms with Crippen LogP contribution in [0, 0.1) is 12.7 Å². The van der Waals surface area contributed by atoms with Crippen LogP contribution in [-0.4, -0.2) is 24.4 Å². The largest absolute Gasteiger partial charge is 0.293 e. The number of halogens is 1. The second-order valence-corrected chi connectivity index (χ2v) is 8.38. The number of aryl methyl sites for hydroxylation is 1. The van der Waals surface area contributed by atoms with Crippen LogP contribution in [0.4, 0.5) is 4.39 Å². The van der Waals surface area contributed by atoms with Crippen LogP contribution in [0.25, 0.3) is 38.9 Å². The van der Waals surface area contributed by atoms with E-state index in [-0.39, 0.29) is 11.4 Å². The number of benzene rings is 3. The van der Waals surface area contributed by atoms with E-state index < -0.39 is 0 Å². The first-order valence-electron chi connectivity index (χ1n) is 11.2. The molecule has 0 unspecified atom stereocenters.